The molecular weight excluding hydrogens is 365 g/mol. The number of nitrogens with two attached hydrogens (primary N) is 1. The van der Waals surface area contributed by atoms with Crippen LogP contribution in [-0.2, 0) is 9.39 Å². The molecule has 0 aliphatic carbocycles. The van der Waals surface area contributed by atoms with E-state index in [0.717, 1.165) is 10.6 Å². The summed E-state index contributed by atoms with van der Waals surface area (Å²) in [5.41, 5.74) is 8.84. The molecule has 0 saturated carbocycles. The first-order valence-electron chi connectivity index (χ1n) is 8.33. The lowest BCUT2D eigenvalue weighted by atomic mass is 9.74. The van der Waals surface area contributed by atoms with Crippen LogP contribution in [0.1, 0.15) is 20.8 Å². The molecule has 1 aromatic carbocycles. The molecule has 9 heteroatoms. The number of benzene rings is 1. The summed E-state index contributed by atoms with van der Waals surface area (Å²) in [6.07, 6.45) is 3.04. The molecule has 7 nitrogen and oxygen atoms in total. The fourth-order valence-corrected chi connectivity index (χ4v) is 2.76. The Bertz CT molecular complexity index is 737. The van der Waals surface area contributed by atoms with Crippen LogP contribution in [0.5, 0.6) is 0 Å². The van der Waals surface area contributed by atoms with E-state index in [1.807, 2.05) is 13.0 Å². The number of rotatable bonds is 9. The molecule has 1 rings (SSSR count). The van der Waals surface area contributed by atoms with Gasteiger partial charge >= 0.3 is 13.2 Å². The second-order valence-corrected chi connectivity index (χ2v) is 6.37. The predicted octanol–water partition coefficient (Wildman–Crippen LogP) is 3.51. The summed E-state index contributed by atoms with van der Waals surface area (Å²) >= 11 is 1.28. The van der Waals surface area contributed by atoms with Crippen LogP contribution in [0.25, 0.3) is 0 Å². The quantitative estimate of drug-likeness (QED) is 0.221. The number of allylic oxidation sites excluding steroid dienone is 4. The van der Waals surface area contributed by atoms with Gasteiger partial charge in [-0.25, -0.2) is 4.79 Å². The first-order chi connectivity index (χ1) is 12.8. The lowest BCUT2D eigenvalue weighted by molar-refractivity contribution is 0.168. The lowest BCUT2D eigenvalue weighted by Gasteiger charge is -2.14. The summed E-state index contributed by atoms with van der Waals surface area (Å²) in [4.78, 5) is 12.5. The van der Waals surface area contributed by atoms with Crippen LogP contribution in [-0.4, -0.2) is 32.0 Å². The lowest BCUT2D eigenvalue weighted by Crippen LogP contribution is -2.21. The number of amides is 1. The number of hydrogen-bond donors (Lipinski definition) is 4. The minimum atomic E-state index is -1.07. The van der Waals surface area contributed by atoms with Crippen molar-refractivity contribution in [2.75, 3.05) is 24.8 Å². The van der Waals surface area contributed by atoms with Crippen molar-refractivity contribution < 1.29 is 19.2 Å². The highest BCUT2D eigenvalue weighted by atomic mass is 32.2. The summed E-state index contributed by atoms with van der Waals surface area (Å²) < 4.78 is 13.1. The molecule has 0 aliphatic heterocycles. The molecule has 0 spiro atoms. The smallest absolute Gasteiger partial charge is 0.450 e. The summed E-state index contributed by atoms with van der Waals surface area (Å²) in [5.74, 6) is 0. The maximum Gasteiger partial charge on any atom is 0.491 e. The monoisotopic (exact) mass is 391 g/mol. The molecule has 146 valence electrons. The van der Waals surface area contributed by atoms with Crippen LogP contribution in [0.2, 0.25) is 0 Å². The minimum absolute atomic E-state index is 0.272. The van der Waals surface area contributed by atoms with E-state index in [9.17, 15) is 9.82 Å². The van der Waals surface area contributed by atoms with Crippen molar-refractivity contribution in [3.8, 4) is 0 Å². The number of carbonyl (C=O) groups excluding carboxylic acids is 1. The Kier molecular flexibility index (Phi) is 9.56. The second kappa shape index (κ2) is 11.4. The molecular formula is C18H26BN3O4S. The molecule has 0 atom stereocenters. The fourth-order valence-electron chi connectivity index (χ4n) is 2.00. The van der Waals surface area contributed by atoms with Crippen molar-refractivity contribution in [1.82, 2.24) is 4.72 Å². The maximum absolute atomic E-state index is 11.7. The zero-order chi connectivity index (χ0) is 20.4. The predicted molar refractivity (Wildman–Crippen MR) is 112 cm³/mol. The molecule has 1 aromatic rings. The number of ether oxygens (including phenoxy) is 1. The Labute approximate surface area is 165 Å². The third-order valence-corrected chi connectivity index (χ3v) is 4.31. The average Bonchev–Trinajstić information content (AvgIpc) is 2.62. The zero-order valence-electron chi connectivity index (χ0n) is 16.0. The van der Waals surface area contributed by atoms with Gasteiger partial charge in [-0.3, -0.25) is 5.32 Å². The van der Waals surface area contributed by atoms with Crippen molar-refractivity contribution in [1.29, 1.82) is 0 Å². The first-order valence-corrected chi connectivity index (χ1v) is 9.14. The van der Waals surface area contributed by atoms with E-state index < -0.39 is 13.2 Å². The normalized spacial score (nSPS) is 11.7. The van der Waals surface area contributed by atoms with Gasteiger partial charge in [-0.1, -0.05) is 18.2 Å². The summed E-state index contributed by atoms with van der Waals surface area (Å²) in [5, 5.41) is 12.6. The third kappa shape index (κ3) is 7.42. The summed E-state index contributed by atoms with van der Waals surface area (Å²) in [6.45, 7) is 9.51. The average molecular weight is 391 g/mol. The van der Waals surface area contributed by atoms with Crippen LogP contribution >= 0.6 is 11.9 Å². The molecule has 0 heterocycles. The van der Waals surface area contributed by atoms with Crippen molar-refractivity contribution in [3.63, 3.8) is 0 Å². The van der Waals surface area contributed by atoms with Crippen molar-refractivity contribution in [2.24, 2.45) is 0 Å². The van der Waals surface area contributed by atoms with E-state index in [4.69, 9.17) is 15.1 Å². The Hall–Kier alpha value is -2.36. The van der Waals surface area contributed by atoms with Gasteiger partial charge in [0.25, 0.3) is 0 Å². The van der Waals surface area contributed by atoms with Gasteiger partial charge in [0.1, 0.15) is 0 Å². The SMILES string of the molecule is C=C(C)/C(=C\C(=C/C)NSc1ccc(N)cc1NC(=O)OCC)B(O)OC. The standard InChI is InChI=1S/C18H26BN3O4S/c1-6-14(11-15(12(3)4)19(24)25-5)22-27-17-9-8-13(20)10-16(17)21-18(23)26-7-2/h6,8-11,22,24H,3,7,20H2,1-2,4-5H3,(H,21,23)/b14-6+,15-11+. The molecule has 0 aliphatic rings. The van der Waals surface area contributed by atoms with Crippen molar-refractivity contribution in [3.05, 3.63) is 53.7 Å². The van der Waals surface area contributed by atoms with E-state index in [1.54, 1.807) is 38.1 Å². The largest absolute Gasteiger partial charge is 0.491 e. The molecule has 0 bridgehead atoms. The number of nitrogen functional groups attached to an aromatic ring is 1. The molecule has 27 heavy (non-hydrogen) atoms. The second-order valence-electron chi connectivity index (χ2n) is 5.52. The number of anilines is 2. The number of hydrogen-bond acceptors (Lipinski definition) is 7. The first kappa shape index (κ1) is 22.7. The molecule has 0 fully saturated rings. The van der Waals surface area contributed by atoms with E-state index in [0.29, 0.717) is 22.4 Å². The zero-order valence-corrected chi connectivity index (χ0v) is 16.9. The van der Waals surface area contributed by atoms with Crippen molar-refractivity contribution in [2.45, 2.75) is 25.7 Å². The Morgan fingerprint density at radius 1 is 1.48 bits per heavy atom. The van der Waals surface area contributed by atoms with Gasteiger partial charge in [-0.05, 0) is 62.5 Å². The maximum atomic E-state index is 11.7. The van der Waals surface area contributed by atoms with Crippen LogP contribution < -0.4 is 15.8 Å². The number of carbonyl (C=O) groups is 1. The van der Waals surface area contributed by atoms with Gasteiger partial charge in [0.05, 0.1) is 17.2 Å². The summed E-state index contributed by atoms with van der Waals surface area (Å²) in [6, 6.07) is 5.18. The van der Waals surface area contributed by atoms with Gasteiger partial charge < -0.3 is 24.9 Å². The molecule has 0 unspecified atom stereocenters. The molecule has 0 saturated heterocycles. The minimum Gasteiger partial charge on any atom is -0.450 e. The van der Waals surface area contributed by atoms with Gasteiger partial charge in [0.2, 0.25) is 0 Å². The van der Waals surface area contributed by atoms with E-state index in [1.165, 1.54) is 19.1 Å². The highest BCUT2D eigenvalue weighted by molar-refractivity contribution is 7.97. The molecule has 0 radical (unpaired) electrons. The summed E-state index contributed by atoms with van der Waals surface area (Å²) in [7, 11) is 0.350. The Morgan fingerprint density at radius 2 is 2.19 bits per heavy atom. The van der Waals surface area contributed by atoms with Gasteiger partial charge in [0.15, 0.2) is 0 Å². The fraction of sp³-hybridized carbons (Fsp3) is 0.278. The van der Waals surface area contributed by atoms with E-state index in [-0.39, 0.29) is 6.61 Å². The van der Waals surface area contributed by atoms with Gasteiger partial charge in [0, 0.05) is 18.5 Å². The van der Waals surface area contributed by atoms with E-state index >= 15 is 0 Å². The van der Waals surface area contributed by atoms with E-state index in [2.05, 4.69) is 16.6 Å². The van der Waals surface area contributed by atoms with Crippen LogP contribution in [0.4, 0.5) is 16.2 Å². The molecule has 0 aromatic heterocycles. The highest BCUT2D eigenvalue weighted by Gasteiger charge is 2.19. The topological polar surface area (TPSA) is 106 Å². The van der Waals surface area contributed by atoms with Crippen molar-refractivity contribution >= 4 is 36.5 Å². The molecule has 1 amide bonds. The third-order valence-electron chi connectivity index (χ3n) is 3.40. The van der Waals surface area contributed by atoms with Crippen LogP contribution in [0, 0.1) is 0 Å². The van der Waals surface area contributed by atoms with Crippen LogP contribution in [0.15, 0.2) is 58.6 Å². The number of nitrogens with one attached hydrogen (secondary N) is 2. The molecule has 5 N–H and O–H groups in total. The highest BCUT2D eigenvalue weighted by Crippen LogP contribution is 2.28. The van der Waals surface area contributed by atoms with Crippen LogP contribution in [0.3, 0.4) is 0 Å². The van der Waals surface area contributed by atoms with Gasteiger partial charge in [-0.2, -0.15) is 0 Å². The Morgan fingerprint density at radius 3 is 2.74 bits per heavy atom. The van der Waals surface area contributed by atoms with Gasteiger partial charge in [-0.15, -0.1) is 0 Å². The Balaban J connectivity index is 2.98.